The molecule has 1 atom stereocenters. The normalized spacial score (nSPS) is 14.0. The molecule has 0 amide bonds. The first-order valence-electron chi connectivity index (χ1n) is 6.67. The van der Waals surface area contributed by atoms with Crippen LogP contribution in [0.2, 0.25) is 0 Å². The Morgan fingerprint density at radius 3 is 2.47 bits per heavy atom. The second-order valence-electron chi connectivity index (χ2n) is 6.03. The molecular formula is C14H27N3. The maximum Gasteiger partial charge on any atom is 0.0624 e. The van der Waals surface area contributed by atoms with Crippen LogP contribution >= 0.6 is 0 Å². The minimum absolute atomic E-state index is 0.224. The average Bonchev–Trinajstić information content (AvgIpc) is 2.57. The van der Waals surface area contributed by atoms with E-state index in [1.807, 2.05) is 0 Å². The molecule has 3 nitrogen and oxygen atoms in total. The molecule has 2 N–H and O–H groups in total. The van der Waals surface area contributed by atoms with Gasteiger partial charge in [-0.25, -0.2) is 0 Å². The number of nitrogens with zero attached hydrogens (tertiary/aromatic N) is 2. The van der Waals surface area contributed by atoms with E-state index in [4.69, 9.17) is 5.73 Å². The zero-order valence-corrected chi connectivity index (χ0v) is 12.0. The van der Waals surface area contributed by atoms with Crippen molar-refractivity contribution in [1.82, 2.24) is 9.78 Å². The van der Waals surface area contributed by atoms with Crippen LogP contribution in [0.1, 0.15) is 52.4 Å². The first-order valence-corrected chi connectivity index (χ1v) is 6.67. The lowest BCUT2D eigenvalue weighted by molar-refractivity contribution is 0.335. The Hall–Kier alpha value is -0.830. The Bertz CT molecular complexity index is 347. The van der Waals surface area contributed by atoms with Crippen molar-refractivity contribution in [2.24, 2.45) is 11.1 Å². The summed E-state index contributed by atoms with van der Waals surface area (Å²) in [6.45, 7) is 11.9. The maximum absolute atomic E-state index is 6.23. The fourth-order valence-corrected chi connectivity index (χ4v) is 2.25. The maximum atomic E-state index is 6.23. The average molecular weight is 237 g/mol. The van der Waals surface area contributed by atoms with Crippen LogP contribution in [0.5, 0.6) is 0 Å². The first kappa shape index (κ1) is 14.2. The highest BCUT2D eigenvalue weighted by Gasteiger charge is 2.17. The summed E-state index contributed by atoms with van der Waals surface area (Å²) in [7, 11) is 0. The number of aryl methyl sites for hydroxylation is 2. The minimum Gasteiger partial charge on any atom is -0.327 e. The molecule has 0 fully saturated rings. The Morgan fingerprint density at radius 1 is 1.35 bits per heavy atom. The minimum atomic E-state index is 0.224. The predicted octanol–water partition coefficient (Wildman–Crippen LogP) is 2.77. The van der Waals surface area contributed by atoms with Crippen molar-refractivity contribution in [3.8, 4) is 0 Å². The van der Waals surface area contributed by atoms with Crippen molar-refractivity contribution in [3.63, 3.8) is 0 Å². The largest absolute Gasteiger partial charge is 0.327 e. The molecule has 0 aliphatic carbocycles. The third kappa shape index (κ3) is 4.50. The van der Waals surface area contributed by atoms with Crippen LogP contribution in [0.4, 0.5) is 0 Å². The number of rotatable bonds is 5. The Morgan fingerprint density at radius 2 is 2.00 bits per heavy atom. The predicted molar refractivity (Wildman–Crippen MR) is 73.0 cm³/mol. The smallest absolute Gasteiger partial charge is 0.0624 e. The van der Waals surface area contributed by atoms with Crippen molar-refractivity contribution < 1.29 is 0 Å². The molecule has 1 unspecified atom stereocenters. The molecular weight excluding hydrogens is 210 g/mol. The van der Waals surface area contributed by atoms with Crippen LogP contribution in [0.25, 0.3) is 0 Å². The van der Waals surface area contributed by atoms with E-state index in [9.17, 15) is 0 Å². The third-order valence-corrected chi connectivity index (χ3v) is 2.92. The van der Waals surface area contributed by atoms with Gasteiger partial charge in [0.15, 0.2) is 0 Å². The molecule has 1 aromatic heterocycles. The lowest BCUT2D eigenvalue weighted by Gasteiger charge is -2.23. The van der Waals surface area contributed by atoms with Gasteiger partial charge in [0.25, 0.3) is 0 Å². The Labute approximate surface area is 105 Å². The molecule has 0 radical (unpaired) electrons. The zero-order valence-electron chi connectivity index (χ0n) is 12.0. The Balaban J connectivity index is 2.70. The van der Waals surface area contributed by atoms with Gasteiger partial charge in [0, 0.05) is 24.7 Å². The molecule has 1 rings (SSSR count). The standard InChI is InChI=1S/C14H27N3/c1-6-12-9-13(17(7-2)16-12)8-11(15)10-14(3,4)5/h9,11H,6-8,10,15H2,1-5H3. The zero-order chi connectivity index (χ0) is 13.1. The van der Waals surface area contributed by atoms with E-state index in [0.29, 0.717) is 5.41 Å². The topological polar surface area (TPSA) is 43.8 Å². The summed E-state index contributed by atoms with van der Waals surface area (Å²) in [6.07, 6.45) is 2.97. The lowest BCUT2D eigenvalue weighted by Crippen LogP contribution is -2.29. The molecule has 0 aliphatic heterocycles. The highest BCUT2D eigenvalue weighted by atomic mass is 15.3. The quantitative estimate of drug-likeness (QED) is 0.855. The summed E-state index contributed by atoms with van der Waals surface area (Å²) in [5.74, 6) is 0. The van der Waals surface area contributed by atoms with Crippen molar-refractivity contribution in [2.75, 3.05) is 0 Å². The third-order valence-electron chi connectivity index (χ3n) is 2.92. The molecule has 3 heteroatoms. The molecule has 17 heavy (non-hydrogen) atoms. The van der Waals surface area contributed by atoms with Gasteiger partial charge in [0.2, 0.25) is 0 Å². The van der Waals surface area contributed by atoms with Gasteiger partial charge in [-0.1, -0.05) is 27.7 Å². The second-order valence-corrected chi connectivity index (χ2v) is 6.03. The van der Waals surface area contributed by atoms with Crippen molar-refractivity contribution >= 4 is 0 Å². The van der Waals surface area contributed by atoms with Crippen molar-refractivity contribution in [2.45, 2.75) is 66.5 Å². The van der Waals surface area contributed by atoms with Gasteiger partial charge in [0.1, 0.15) is 0 Å². The lowest BCUT2D eigenvalue weighted by atomic mass is 9.87. The fraction of sp³-hybridized carbons (Fsp3) is 0.786. The molecule has 0 saturated carbocycles. The van der Waals surface area contributed by atoms with Gasteiger partial charge in [-0.15, -0.1) is 0 Å². The number of aromatic nitrogens is 2. The summed E-state index contributed by atoms with van der Waals surface area (Å²) in [6, 6.07) is 2.42. The van der Waals surface area contributed by atoms with E-state index in [1.165, 1.54) is 11.4 Å². The van der Waals surface area contributed by atoms with Crippen LogP contribution in [-0.2, 0) is 19.4 Å². The SMILES string of the molecule is CCc1cc(CC(N)CC(C)(C)C)n(CC)n1. The molecule has 98 valence electrons. The molecule has 0 aliphatic rings. The monoisotopic (exact) mass is 237 g/mol. The van der Waals surface area contributed by atoms with E-state index in [0.717, 1.165) is 25.8 Å². The summed E-state index contributed by atoms with van der Waals surface area (Å²) in [5, 5.41) is 4.56. The van der Waals surface area contributed by atoms with Gasteiger partial charge in [-0.2, -0.15) is 5.10 Å². The molecule has 0 bridgehead atoms. The van der Waals surface area contributed by atoms with Gasteiger partial charge in [-0.3, -0.25) is 4.68 Å². The summed E-state index contributed by atoms with van der Waals surface area (Å²) < 4.78 is 2.08. The van der Waals surface area contributed by atoms with Gasteiger partial charge >= 0.3 is 0 Å². The van der Waals surface area contributed by atoms with E-state index >= 15 is 0 Å². The van der Waals surface area contributed by atoms with Crippen LogP contribution < -0.4 is 5.73 Å². The van der Waals surface area contributed by atoms with E-state index < -0.39 is 0 Å². The van der Waals surface area contributed by atoms with Crippen LogP contribution in [0, 0.1) is 5.41 Å². The van der Waals surface area contributed by atoms with Gasteiger partial charge in [0.05, 0.1) is 5.69 Å². The second kappa shape index (κ2) is 5.67. The van der Waals surface area contributed by atoms with E-state index in [2.05, 4.69) is 50.5 Å². The highest BCUT2D eigenvalue weighted by Crippen LogP contribution is 2.21. The molecule has 0 aromatic carbocycles. The first-order chi connectivity index (χ1) is 7.85. The molecule has 0 saturated heterocycles. The van der Waals surface area contributed by atoms with Crippen LogP contribution in [0.3, 0.4) is 0 Å². The fourth-order valence-electron chi connectivity index (χ4n) is 2.25. The van der Waals surface area contributed by atoms with Crippen molar-refractivity contribution in [1.29, 1.82) is 0 Å². The Kier molecular flexibility index (Phi) is 4.75. The number of hydrogen-bond donors (Lipinski definition) is 1. The summed E-state index contributed by atoms with van der Waals surface area (Å²) in [5.41, 5.74) is 8.97. The van der Waals surface area contributed by atoms with E-state index in [1.54, 1.807) is 0 Å². The summed E-state index contributed by atoms with van der Waals surface area (Å²) in [4.78, 5) is 0. The number of hydrogen-bond acceptors (Lipinski definition) is 2. The van der Waals surface area contributed by atoms with Crippen LogP contribution in [-0.4, -0.2) is 15.8 Å². The molecule has 1 aromatic rings. The van der Waals surface area contributed by atoms with Gasteiger partial charge in [-0.05, 0) is 31.2 Å². The molecule has 0 spiro atoms. The number of nitrogens with two attached hydrogens (primary N) is 1. The van der Waals surface area contributed by atoms with Crippen LogP contribution in [0.15, 0.2) is 6.07 Å². The van der Waals surface area contributed by atoms with Crippen molar-refractivity contribution in [3.05, 3.63) is 17.5 Å². The van der Waals surface area contributed by atoms with Gasteiger partial charge < -0.3 is 5.73 Å². The highest BCUT2D eigenvalue weighted by molar-refractivity contribution is 5.12. The van der Waals surface area contributed by atoms with E-state index in [-0.39, 0.29) is 6.04 Å². The summed E-state index contributed by atoms with van der Waals surface area (Å²) >= 11 is 0. The molecule has 1 heterocycles.